The van der Waals surface area contributed by atoms with Gasteiger partial charge in [0.15, 0.2) is 0 Å². The maximum atomic E-state index is 2.51. The number of aromatic nitrogens is 2. The van der Waals surface area contributed by atoms with E-state index in [9.17, 15) is 0 Å². The Labute approximate surface area is 158 Å². The average Bonchev–Trinajstić information content (AvgIpc) is 3.02. The number of rotatable bonds is 17. The van der Waals surface area contributed by atoms with Crippen molar-refractivity contribution in [3.63, 3.8) is 0 Å². The third-order valence-corrected chi connectivity index (χ3v) is 5.44. The summed E-state index contributed by atoms with van der Waals surface area (Å²) in [6.45, 7) is 9.15. The minimum absolute atomic E-state index is 1.10. The van der Waals surface area contributed by atoms with Crippen LogP contribution in [0.2, 0.25) is 0 Å². The molecule has 0 aromatic carbocycles. The maximum absolute atomic E-state index is 2.51. The summed E-state index contributed by atoms with van der Waals surface area (Å²) in [5, 5.41) is 0. The van der Waals surface area contributed by atoms with Gasteiger partial charge in [0, 0.05) is 6.42 Å². The van der Waals surface area contributed by atoms with Gasteiger partial charge in [-0.05, 0) is 26.2 Å². The van der Waals surface area contributed by atoms with E-state index in [1.54, 1.807) is 0 Å². The standard InChI is InChI=1S/C23H45N2/c1-4-7-9-10-11-12-13-14-15-16-17-18-20-25-22-21-24(6-3)23(25)19-8-5-2/h21-22H,4-20H2,1-3H3/q+1. The molecule has 0 atom stereocenters. The second-order valence-electron chi connectivity index (χ2n) is 7.69. The van der Waals surface area contributed by atoms with Crippen LogP contribution in [0.4, 0.5) is 0 Å². The highest BCUT2D eigenvalue weighted by molar-refractivity contribution is 4.83. The summed E-state index contributed by atoms with van der Waals surface area (Å²) in [5.41, 5.74) is 0. The van der Waals surface area contributed by atoms with E-state index in [0.717, 1.165) is 6.54 Å². The van der Waals surface area contributed by atoms with Gasteiger partial charge in [-0.15, -0.1) is 0 Å². The quantitative estimate of drug-likeness (QED) is 0.215. The summed E-state index contributed by atoms with van der Waals surface area (Å²) in [6, 6.07) is 0. The fraction of sp³-hybridized carbons (Fsp3) is 0.870. The first kappa shape index (κ1) is 22.3. The summed E-state index contributed by atoms with van der Waals surface area (Å²) < 4.78 is 4.94. The molecule has 0 aliphatic rings. The van der Waals surface area contributed by atoms with Gasteiger partial charge in [-0.3, -0.25) is 0 Å². The Morgan fingerprint density at radius 2 is 1.20 bits per heavy atom. The lowest BCUT2D eigenvalue weighted by Crippen LogP contribution is -2.37. The predicted molar refractivity (Wildman–Crippen MR) is 110 cm³/mol. The third-order valence-electron chi connectivity index (χ3n) is 5.44. The molecule has 0 fully saturated rings. The van der Waals surface area contributed by atoms with Crippen molar-refractivity contribution in [2.24, 2.45) is 0 Å². The second kappa shape index (κ2) is 15.5. The van der Waals surface area contributed by atoms with E-state index in [0.29, 0.717) is 0 Å². The van der Waals surface area contributed by atoms with Gasteiger partial charge >= 0.3 is 0 Å². The molecule has 0 amide bonds. The Morgan fingerprint density at radius 3 is 1.72 bits per heavy atom. The molecule has 2 nitrogen and oxygen atoms in total. The van der Waals surface area contributed by atoms with Crippen LogP contribution in [0.1, 0.15) is 116 Å². The van der Waals surface area contributed by atoms with E-state index in [1.165, 1.54) is 109 Å². The Balaban J connectivity index is 2.03. The van der Waals surface area contributed by atoms with Crippen LogP contribution in [0.25, 0.3) is 0 Å². The highest BCUT2D eigenvalue weighted by atomic mass is 15.1. The van der Waals surface area contributed by atoms with Gasteiger partial charge in [-0.25, -0.2) is 9.13 Å². The van der Waals surface area contributed by atoms with Crippen molar-refractivity contribution in [3.8, 4) is 0 Å². The van der Waals surface area contributed by atoms with Gasteiger partial charge in [0.05, 0.1) is 13.1 Å². The van der Waals surface area contributed by atoms with Crippen LogP contribution in [0.15, 0.2) is 12.4 Å². The van der Waals surface area contributed by atoms with Crippen molar-refractivity contribution in [1.82, 2.24) is 4.57 Å². The van der Waals surface area contributed by atoms with Crippen LogP contribution >= 0.6 is 0 Å². The molecule has 0 spiro atoms. The zero-order valence-corrected chi connectivity index (χ0v) is 17.6. The SMILES string of the molecule is CCCCCCCCCCCCCC[n+]1ccn(CC)c1CCCC. The summed E-state index contributed by atoms with van der Waals surface area (Å²) >= 11 is 0. The average molecular weight is 350 g/mol. The molecule has 1 aromatic heterocycles. The molecular weight excluding hydrogens is 304 g/mol. The fourth-order valence-corrected chi connectivity index (χ4v) is 3.73. The summed E-state index contributed by atoms with van der Waals surface area (Å²) in [6.07, 6.45) is 25.5. The largest absolute Gasteiger partial charge is 0.256 e. The van der Waals surface area contributed by atoms with Gasteiger partial charge < -0.3 is 0 Å². The van der Waals surface area contributed by atoms with E-state index >= 15 is 0 Å². The van der Waals surface area contributed by atoms with Crippen LogP contribution in [-0.2, 0) is 19.5 Å². The predicted octanol–water partition coefficient (Wildman–Crippen LogP) is 6.84. The van der Waals surface area contributed by atoms with Crippen LogP contribution in [0, 0.1) is 0 Å². The Hall–Kier alpha value is -0.790. The Bertz CT molecular complexity index is 408. The number of imidazole rings is 1. The minimum Gasteiger partial charge on any atom is -0.235 e. The van der Waals surface area contributed by atoms with Crippen molar-refractivity contribution in [2.45, 2.75) is 130 Å². The first-order chi connectivity index (χ1) is 12.3. The molecule has 1 aromatic rings. The molecule has 0 N–H and O–H groups in total. The fourth-order valence-electron chi connectivity index (χ4n) is 3.73. The molecule has 0 saturated heterocycles. The normalized spacial score (nSPS) is 11.3. The van der Waals surface area contributed by atoms with Crippen molar-refractivity contribution >= 4 is 0 Å². The molecule has 1 rings (SSSR count). The molecule has 0 radical (unpaired) electrons. The first-order valence-corrected chi connectivity index (χ1v) is 11.4. The minimum atomic E-state index is 1.10. The molecule has 0 bridgehead atoms. The molecule has 2 heteroatoms. The summed E-state index contributed by atoms with van der Waals surface area (Å²) in [5.74, 6) is 1.53. The van der Waals surface area contributed by atoms with E-state index in [2.05, 4.69) is 42.3 Å². The van der Waals surface area contributed by atoms with Gasteiger partial charge in [-0.2, -0.15) is 0 Å². The lowest BCUT2D eigenvalue weighted by atomic mass is 10.1. The first-order valence-electron chi connectivity index (χ1n) is 11.4. The molecule has 25 heavy (non-hydrogen) atoms. The topological polar surface area (TPSA) is 8.81 Å². The number of hydrogen-bond donors (Lipinski definition) is 0. The molecule has 1 heterocycles. The monoisotopic (exact) mass is 349 g/mol. The molecular formula is C23H45N2+. The van der Waals surface area contributed by atoms with Crippen molar-refractivity contribution < 1.29 is 4.57 Å². The van der Waals surface area contributed by atoms with Gasteiger partial charge in [0.2, 0.25) is 0 Å². The number of aryl methyl sites for hydroxylation is 2. The van der Waals surface area contributed by atoms with Crippen molar-refractivity contribution in [1.29, 1.82) is 0 Å². The smallest absolute Gasteiger partial charge is 0.235 e. The number of nitrogens with zero attached hydrogens (tertiary/aromatic N) is 2. The third kappa shape index (κ3) is 10.1. The van der Waals surface area contributed by atoms with E-state index in [4.69, 9.17) is 0 Å². The van der Waals surface area contributed by atoms with Crippen LogP contribution < -0.4 is 4.57 Å². The Morgan fingerprint density at radius 1 is 0.680 bits per heavy atom. The number of unbranched alkanes of at least 4 members (excludes halogenated alkanes) is 12. The molecule has 146 valence electrons. The zero-order valence-electron chi connectivity index (χ0n) is 17.6. The van der Waals surface area contributed by atoms with Gasteiger partial charge in [0.1, 0.15) is 12.4 Å². The molecule has 0 unspecified atom stereocenters. The molecule has 0 aliphatic heterocycles. The van der Waals surface area contributed by atoms with Crippen LogP contribution in [0.5, 0.6) is 0 Å². The Kier molecular flexibility index (Phi) is 13.8. The maximum Gasteiger partial charge on any atom is 0.256 e. The molecule has 0 saturated carbocycles. The highest BCUT2D eigenvalue weighted by Gasteiger charge is 2.14. The lowest BCUT2D eigenvalue weighted by Gasteiger charge is -2.05. The van der Waals surface area contributed by atoms with Crippen molar-refractivity contribution in [2.75, 3.05) is 0 Å². The number of hydrogen-bond acceptors (Lipinski definition) is 0. The van der Waals surface area contributed by atoms with Crippen LogP contribution in [0.3, 0.4) is 0 Å². The zero-order chi connectivity index (χ0) is 18.2. The highest BCUT2D eigenvalue weighted by Crippen LogP contribution is 2.12. The van der Waals surface area contributed by atoms with Crippen molar-refractivity contribution in [3.05, 3.63) is 18.2 Å². The summed E-state index contributed by atoms with van der Waals surface area (Å²) in [4.78, 5) is 0. The van der Waals surface area contributed by atoms with E-state index < -0.39 is 0 Å². The van der Waals surface area contributed by atoms with Crippen LogP contribution in [-0.4, -0.2) is 4.57 Å². The van der Waals surface area contributed by atoms with E-state index in [-0.39, 0.29) is 0 Å². The summed E-state index contributed by atoms with van der Waals surface area (Å²) in [7, 11) is 0. The second-order valence-corrected chi connectivity index (χ2v) is 7.69. The lowest BCUT2D eigenvalue weighted by molar-refractivity contribution is -0.704. The van der Waals surface area contributed by atoms with Gasteiger partial charge in [-0.1, -0.05) is 84.5 Å². The van der Waals surface area contributed by atoms with Gasteiger partial charge in [0.25, 0.3) is 5.82 Å². The van der Waals surface area contributed by atoms with E-state index in [1.807, 2.05) is 0 Å². The molecule has 0 aliphatic carbocycles.